The van der Waals surface area contributed by atoms with Crippen LogP contribution >= 0.6 is 23.2 Å². The van der Waals surface area contributed by atoms with Gasteiger partial charge in [0.1, 0.15) is 5.82 Å². The number of benzene rings is 2. The lowest BCUT2D eigenvalue weighted by Crippen LogP contribution is -2.37. The molecule has 1 aromatic heterocycles. The van der Waals surface area contributed by atoms with Crippen molar-refractivity contribution in [3.63, 3.8) is 0 Å². The van der Waals surface area contributed by atoms with Gasteiger partial charge in [-0.05, 0) is 55.5 Å². The topological polar surface area (TPSA) is 53.1 Å². The Morgan fingerprint density at radius 2 is 1.65 bits per heavy atom. The van der Waals surface area contributed by atoms with E-state index < -0.39 is 0 Å². The molecule has 166 valence electrons. The molecule has 1 aliphatic rings. The number of rotatable bonds is 6. The van der Waals surface area contributed by atoms with Crippen LogP contribution in [0, 0.1) is 0 Å². The minimum atomic E-state index is 0. The maximum absolute atomic E-state index is 6.12. The summed E-state index contributed by atoms with van der Waals surface area (Å²) in [5.74, 6) is 1.66. The Morgan fingerprint density at radius 1 is 0.935 bits per heavy atom. The largest absolute Gasteiger partial charge is 0.362 e. The highest BCUT2D eigenvalue weighted by Gasteiger charge is 2.22. The van der Waals surface area contributed by atoms with Crippen molar-refractivity contribution in [1.29, 1.82) is 0 Å². The summed E-state index contributed by atoms with van der Waals surface area (Å²) < 4.78 is 0. The van der Waals surface area contributed by atoms with Crippen LogP contribution in [0.2, 0.25) is 10.0 Å². The molecule has 1 fully saturated rings. The van der Waals surface area contributed by atoms with Crippen LogP contribution in [0.1, 0.15) is 38.7 Å². The Bertz CT molecular complexity index is 1020. The summed E-state index contributed by atoms with van der Waals surface area (Å²) >= 11 is 12.1. The third-order valence-corrected chi connectivity index (χ3v) is 6.39. The Labute approximate surface area is 195 Å². The number of anilines is 2. The van der Waals surface area contributed by atoms with E-state index in [2.05, 4.69) is 16.7 Å². The highest BCUT2D eigenvalue weighted by Crippen LogP contribution is 2.27. The first-order chi connectivity index (χ1) is 14.5. The first-order valence-electron chi connectivity index (χ1n) is 10.4. The minimum Gasteiger partial charge on any atom is -0.362 e. The van der Waals surface area contributed by atoms with E-state index in [0.717, 1.165) is 54.5 Å². The van der Waals surface area contributed by atoms with E-state index in [9.17, 15) is 0 Å². The monoisotopic (exact) mass is 459 g/mol. The number of hydrogen-bond donors (Lipinski definition) is 2. The zero-order valence-electron chi connectivity index (χ0n) is 17.3. The average molecular weight is 460 g/mol. The summed E-state index contributed by atoms with van der Waals surface area (Å²) in [5.41, 5.74) is 2.13. The fourth-order valence-electron chi connectivity index (χ4n) is 4.00. The van der Waals surface area contributed by atoms with Crippen LogP contribution in [0.5, 0.6) is 0 Å². The Balaban J connectivity index is 0.00000272. The van der Waals surface area contributed by atoms with E-state index in [1.165, 1.54) is 0 Å². The number of hydrogen-bond acceptors (Lipinski definition) is 5. The average Bonchev–Trinajstić information content (AvgIpc) is 2.75. The number of aromatic nitrogens is 2. The molecule has 2 N–H and O–H groups in total. The van der Waals surface area contributed by atoms with Gasteiger partial charge in [-0.2, -0.15) is 4.98 Å². The molecule has 31 heavy (non-hydrogen) atoms. The molecule has 1 saturated carbocycles. The van der Waals surface area contributed by atoms with Crippen LogP contribution in [0.15, 0.2) is 42.5 Å². The fourth-order valence-corrected chi connectivity index (χ4v) is 4.32. The van der Waals surface area contributed by atoms with Crippen molar-refractivity contribution in [2.24, 2.45) is 0 Å². The summed E-state index contributed by atoms with van der Waals surface area (Å²) in [6.07, 6.45) is 4.42. The number of fused-ring (bicyclic) bond motifs is 1. The molecule has 1 heterocycles. The lowest BCUT2D eigenvalue weighted by molar-refractivity contribution is 0.352. The highest BCUT2D eigenvalue weighted by atomic mass is 35.5. The van der Waals surface area contributed by atoms with Crippen LogP contribution < -0.4 is 15.5 Å². The fraction of sp³-hybridized carbons (Fsp3) is 0.417. The number of para-hydroxylation sites is 1. The van der Waals surface area contributed by atoms with Crippen molar-refractivity contribution < 1.29 is 0 Å². The normalized spacial score (nSPS) is 18.5. The van der Waals surface area contributed by atoms with Gasteiger partial charge in [0.05, 0.1) is 15.6 Å². The van der Waals surface area contributed by atoms with Gasteiger partial charge in [-0.3, -0.25) is 0 Å². The van der Waals surface area contributed by atoms with Crippen molar-refractivity contribution in [3.8, 4) is 0 Å². The van der Waals surface area contributed by atoms with Crippen molar-refractivity contribution in [2.45, 2.75) is 51.7 Å². The van der Waals surface area contributed by atoms with Crippen molar-refractivity contribution in [1.82, 2.24) is 15.3 Å². The Kier molecular flexibility index (Phi) is 7.98. The van der Waals surface area contributed by atoms with Gasteiger partial charge in [0, 0.05) is 38.1 Å². The predicted octanol–water partition coefficient (Wildman–Crippen LogP) is 6.15. The zero-order chi connectivity index (χ0) is 21.1. The molecule has 0 aliphatic heterocycles. The van der Waals surface area contributed by atoms with Gasteiger partial charge in [-0.25, -0.2) is 4.98 Å². The second-order valence-electron chi connectivity index (χ2n) is 8.10. The smallest absolute Gasteiger partial charge is 0.225 e. The zero-order valence-corrected chi connectivity index (χ0v) is 18.8. The van der Waals surface area contributed by atoms with Crippen LogP contribution in [0.4, 0.5) is 11.8 Å². The van der Waals surface area contributed by atoms with Crippen molar-refractivity contribution in [3.05, 3.63) is 58.1 Å². The molecule has 0 saturated heterocycles. The van der Waals surface area contributed by atoms with Crippen molar-refractivity contribution >= 4 is 45.9 Å². The Hall–Kier alpha value is -2.08. The molecule has 5 nitrogen and oxygen atoms in total. The van der Waals surface area contributed by atoms with Crippen LogP contribution in [-0.2, 0) is 6.54 Å². The van der Waals surface area contributed by atoms with E-state index in [1.54, 1.807) is 0 Å². The minimum absolute atomic E-state index is 0. The quantitative estimate of drug-likeness (QED) is 0.462. The molecule has 3 aromatic rings. The van der Waals surface area contributed by atoms with E-state index in [4.69, 9.17) is 33.2 Å². The molecule has 0 amide bonds. The maximum atomic E-state index is 6.12. The van der Waals surface area contributed by atoms with Gasteiger partial charge in [0.2, 0.25) is 5.95 Å². The van der Waals surface area contributed by atoms with Gasteiger partial charge in [-0.15, -0.1) is 0 Å². The van der Waals surface area contributed by atoms with Crippen LogP contribution in [0.25, 0.3) is 10.9 Å². The molecule has 4 rings (SSSR count). The number of nitrogens with one attached hydrogen (secondary N) is 2. The third kappa shape index (κ3) is 5.79. The molecule has 0 radical (unpaired) electrons. The summed E-state index contributed by atoms with van der Waals surface area (Å²) in [7, 11) is 4.03. The summed E-state index contributed by atoms with van der Waals surface area (Å²) in [6.45, 7) is 0.805. The number of nitrogens with zero attached hydrogens (tertiary/aromatic N) is 3. The molecule has 0 spiro atoms. The van der Waals surface area contributed by atoms with Gasteiger partial charge < -0.3 is 15.5 Å². The van der Waals surface area contributed by atoms with E-state index >= 15 is 0 Å². The maximum Gasteiger partial charge on any atom is 0.225 e. The van der Waals surface area contributed by atoms with E-state index in [1.807, 2.05) is 55.4 Å². The highest BCUT2D eigenvalue weighted by molar-refractivity contribution is 6.42. The molecule has 0 bridgehead atoms. The Morgan fingerprint density at radius 3 is 2.35 bits per heavy atom. The summed E-state index contributed by atoms with van der Waals surface area (Å²) in [6, 6.07) is 14.9. The lowest BCUT2D eigenvalue weighted by Gasteiger charge is -2.30. The molecule has 2 aromatic carbocycles. The SMILES string of the molecule is C.CN(C)c1nc(NC2CCC(NCc3ccc(Cl)c(Cl)c3)CC2)nc2ccccc12. The lowest BCUT2D eigenvalue weighted by atomic mass is 9.91. The molecular formula is C24H31Cl2N5. The van der Waals surface area contributed by atoms with Gasteiger partial charge in [-0.1, -0.05) is 48.8 Å². The van der Waals surface area contributed by atoms with Gasteiger partial charge >= 0.3 is 0 Å². The molecule has 1 aliphatic carbocycles. The van der Waals surface area contributed by atoms with Crippen molar-refractivity contribution in [2.75, 3.05) is 24.3 Å². The van der Waals surface area contributed by atoms with Crippen LogP contribution in [-0.4, -0.2) is 36.1 Å². The standard InChI is InChI=1S/C23H27Cl2N5.CH4/c1-30(2)22-18-5-3-4-6-21(18)28-23(29-22)27-17-10-8-16(9-11-17)26-14-15-7-12-19(24)20(25)13-15;/h3-7,12-13,16-17,26H,8-11,14H2,1-2H3,(H,27,28,29);1H4. The molecule has 7 heteroatoms. The first-order valence-corrected chi connectivity index (χ1v) is 11.1. The third-order valence-electron chi connectivity index (χ3n) is 5.65. The predicted molar refractivity (Wildman–Crippen MR) is 134 cm³/mol. The van der Waals surface area contributed by atoms with E-state index in [-0.39, 0.29) is 7.43 Å². The van der Waals surface area contributed by atoms with E-state index in [0.29, 0.717) is 28.1 Å². The number of halogens is 2. The molecule has 0 unspecified atom stereocenters. The van der Waals surface area contributed by atoms with Gasteiger partial charge in [0.25, 0.3) is 0 Å². The molecular weight excluding hydrogens is 429 g/mol. The second-order valence-corrected chi connectivity index (χ2v) is 8.92. The van der Waals surface area contributed by atoms with Gasteiger partial charge in [0.15, 0.2) is 0 Å². The second kappa shape index (κ2) is 10.5. The van der Waals surface area contributed by atoms with Crippen LogP contribution in [0.3, 0.4) is 0 Å². The first kappa shape index (κ1) is 23.6. The summed E-state index contributed by atoms with van der Waals surface area (Å²) in [4.78, 5) is 11.5. The summed E-state index contributed by atoms with van der Waals surface area (Å²) in [5, 5.41) is 9.50. The molecule has 0 atom stereocenters.